The molecule has 394 valence electrons. The third-order valence-corrected chi connectivity index (χ3v) is 40.2. The maximum Gasteiger partial charge on any atom is 0.390 e. The van der Waals surface area contributed by atoms with Crippen molar-refractivity contribution in [2.45, 2.75) is 0 Å². The zero-order chi connectivity index (χ0) is 54.9. The second-order valence-electron chi connectivity index (χ2n) is 20.8. The van der Waals surface area contributed by atoms with Gasteiger partial charge in [-0.3, -0.25) is 0 Å². The van der Waals surface area contributed by atoms with Crippen molar-refractivity contribution in [3.63, 3.8) is 0 Å². The monoisotopic (exact) mass is 1160 g/mol. The zero-order valence-electron chi connectivity index (χ0n) is 44.9. The Labute approximate surface area is 488 Å². The fourth-order valence-electron chi connectivity index (χ4n) is 12.4. The fraction of sp³-hybridized carbons (Fsp3) is 0. The second-order valence-corrected chi connectivity index (χ2v) is 38.4. The normalized spacial score (nSPS) is 15.5. The zero-order valence-corrected chi connectivity index (χ0v) is 50.7. The Morgan fingerprint density at radius 3 is 0.866 bits per heavy atom. The summed E-state index contributed by atoms with van der Waals surface area (Å²) in [5.41, 5.74) is 0. The predicted octanol–water partition coefficient (Wildman–Crippen LogP) is 8.84. The topological polar surface area (TPSA) is 36.9 Å². The molecule has 1 aliphatic heterocycles. The molecule has 1 fully saturated rings. The lowest BCUT2D eigenvalue weighted by Crippen LogP contribution is -2.88. The van der Waals surface area contributed by atoms with Gasteiger partial charge in [-0.05, 0) is 68.3 Å². The van der Waals surface area contributed by atoms with Crippen molar-refractivity contribution >= 4 is 136 Å². The minimum Gasteiger partial charge on any atom is -0.402 e. The van der Waals surface area contributed by atoms with Gasteiger partial charge in [-0.2, -0.15) is 0 Å². The van der Waals surface area contributed by atoms with Gasteiger partial charge in [-0.25, -0.2) is 0 Å². The molecule has 82 heavy (non-hydrogen) atoms. The predicted molar refractivity (Wildman–Crippen MR) is 352 cm³/mol. The van der Waals surface area contributed by atoms with E-state index in [0.29, 0.717) is 0 Å². The molecule has 1 aliphatic rings. The van der Waals surface area contributed by atoms with Gasteiger partial charge < -0.3 is 16.5 Å². The van der Waals surface area contributed by atoms with Crippen molar-refractivity contribution < 1.29 is 16.5 Å². The number of rotatable bonds is 12. The Morgan fingerprint density at radius 2 is 0.500 bits per heavy atom. The van der Waals surface area contributed by atoms with Crippen molar-refractivity contribution in [1.82, 2.24) is 0 Å². The molecule has 4 nitrogen and oxygen atoms in total. The van der Waals surface area contributed by atoms with E-state index >= 15 is 0 Å². The summed E-state index contributed by atoms with van der Waals surface area (Å²) in [5, 5.41) is 15.2. The first-order valence-electron chi connectivity index (χ1n) is 27.9. The van der Waals surface area contributed by atoms with E-state index in [9.17, 15) is 0 Å². The van der Waals surface area contributed by atoms with Gasteiger partial charge in [-0.1, -0.05) is 334 Å². The van der Waals surface area contributed by atoms with E-state index in [2.05, 4.69) is 340 Å². The van der Waals surface area contributed by atoms with E-state index in [-0.39, 0.29) is 0 Å². The Bertz CT molecular complexity index is 4030. The highest BCUT2D eigenvalue weighted by molar-refractivity contribution is 7.31. The number of fused-ring (bicyclic) bond motifs is 3. The highest BCUT2D eigenvalue weighted by atomic mass is 32.1. The molecule has 13 aromatic rings. The van der Waals surface area contributed by atoms with Crippen LogP contribution < -0.4 is 62.2 Å². The standard InChI is InChI=1S/C72H56O4SSi5/c1-10-32-57(33-11-1)78(58-34-12-2-13-35-58,71-55-31-53-69-68-52-28-29-54-70(68)77-72(69)71)66-50-30-51-67(56-66)82(65-48-26-9-27-49-65)75-80(61-40-18-5-19-41-61,62-42-20-6-21-43-62)73-79(59-36-14-3-15-37-59,60-38-16-4-17-39-60)74-81(76-82,63-44-22-7-23-45-63)64-46-24-8-25-47-64/h1-56H. The van der Waals surface area contributed by atoms with Crippen LogP contribution in [-0.4, -0.2) is 42.3 Å². The number of hydrogen-bond donors (Lipinski definition) is 0. The van der Waals surface area contributed by atoms with Gasteiger partial charge in [0.2, 0.25) is 0 Å². The molecule has 0 amide bonds. The Balaban J connectivity index is 1.16. The largest absolute Gasteiger partial charge is 0.402 e. The smallest absolute Gasteiger partial charge is 0.390 e. The van der Waals surface area contributed by atoms with E-state index in [0.717, 1.165) is 41.5 Å². The summed E-state index contributed by atoms with van der Waals surface area (Å²) >= 11 is 1.89. The molecule has 0 bridgehead atoms. The van der Waals surface area contributed by atoms with Gasteiger partial charge in [0.05, 0.1) is 0 Å². The average Bonchev–Trinajstić information content (AvgIpc) is 3.02. The van der Waals surface area contributed by atoms with E-state index < -0.39 is 42.3 Å². The van der Waals surface area contributed by atoms with Crippen LogP contribution >= 0.6 is 11.3 Å². The fourth-order valence-corrected chi connectivity index (χ4v) is 41.8. The maximum atomic E-state index is 9.04. The van der Waals surface area contributed by atoms with Crippen LogP contribution in [0.3, 0.4) is 0 Å². The molecule has 2 heterocycles. The van der Waals surface area contributed by atoms with E-state index in [1.165, 1.54) is 40.9 Å². The molecular formula is C72H56O4SSi5. The lowest BCUT2D eigenvalue weighted by Gasteiger charge is -2.53. The van der Waals surface area contributed by atoms with Crippen molar-refractivity contribution in [3.05, 3.63) is 340 Å². The molecule has 0 saturated carbocycles. The lowest BCUT2D eigenvalue weighted by atomic mass is 10.1. The Hall–Kier alpha value is -8.22. The number of hydrogen-bond acceptors (Lipinski definition) is 5. The summed E-state index contributed by atoms with van der Waals surface area (Å²) in [4.78, 5) is 0. The van der Waals surface area contributed by atoms with Crippen LogP contribution in [0.2, 0.25) is 0 Å². The summed E-state index contributed by atoms with van der Waals surface area (Å²) in [6.45, 7) is 0. The minimum absolute atomic E-state index is 0.943. The van der Waals surface area contributed by atoms with Gasteiger partial charge in [0.1, 0.15) is 0 Å². The summed E-state index contributed by atoms with van der Waals surface area (Å²) < 4.78 is 38.3. The quantitative estimate of drug-likeness (QED) is 0.0907. The SMILES string of the molecule is c1ccc([Si]2(c3ccccc3)O[Si](c3ccccc3)(c3ccccc3)O[Si](c3ccccc3)(c3cccc([Si](c4ccccc4)(c4ccccc4)c4cccc5c4sc4ccccc45)c3)O[Si](c3ccccc3)(c3ccccc3)O2)cc1. The van der Waals surface area contributed by atoms with Crippen LogP contribution in [0.25, 0.3) is 20.2 Å². The van der Waals surface area contributed by atoms with Crippen LogP contribution in [0, 0.1) is 0 Å². The molecule has 0 aliphatic carbocycles. The molecule has 10 heteroatoms. The molecule has 1 saturated heterocycles. The van der Waals surface area contributed by atoms with Gasteiger partial charge >= 0.3 is 34.2 Å². The summed E-state index contributed by atoms with van der Waals surface area (Å²) in [7, 11) is -20.1. The average molecular weight is 1160 g/mol. The maximum absolute atomic E-state index is 9.04. The van der Waals surface area contributed by atoms with Crippen LogP contribution in [-0.2, 0) is 16.5 Å². The van der Waals surface area contributed by atoms with E-state index in [4.69, 9.17) is 16.5 Å². The molecule has 0 radical (unpaired) electrons. The highest BCUT2D eigenvalue weighted by Gasteiger charge is 2.68. The van der Waals surface area contributed by atoms with Gasteiger partial charge in [0, 0.05) is 20.2 Å². The van der Waals surface area contributed by atoms with Crippen LogP contribution in [0.5, 0.6) is 0 Å². The van der Waals surface area contributed by atoms with Crippen LogP contribution in [0.15, 0.2) is 340 Å². The molecule has 1 aromatic heterocycles. The van der Waals surface area contributed by atoms with E-state index in [1.54, 1.807) is 0 Å². The number of thiophene rings is 1. The van der Waals surface area contributed by atoms with Crippen molar-refractivity contribution in [1.29, 1.82) is 0 Å². The third kappa shape index (κ3) is 8.75. The third-order valence-electron chi connectivity index (χ3n) is 16.1. The summed E-state index contributed by atoms with van der Waals surface area (Å²) in [5.74, 6) is 0. The lowest BCUT2D eigenvalue weighted by molar-refractivity contribution is 0.268. The van der Waals surface area contributed by atoms with Gasteiger partial charge in [0.25, 0.3) is 0 Å². The molecule has 14 rings (SSSR count). The molecule has 0 spiro atoms. The van der Waals surface area contributed by atoms with E-state index in [1.807, 2.05) is 11.3 Å². The molecule has 12 aromatic carbocycles. The Kier molecular flexibility index (Phi) is 13.9. The first-order chi connectivity index (χ1) is 40.6. The van der Waals surface area contributed by atoms with Crippen molar-refractivity contribution in [2.24, 2.45) is 0 Å². The van der Waals surface area contributed by atoms with Gasteiger partial charge in [-0.15, -0.1) is 11.3 Å². The summed E-state index contributed by atoms with van der Waals surface area (Å²) in [6.07, 6.45) is 0. The molecule has 0 unspecified atom stereocenters. The van der Waals surface area contributed by atoms with Crippen molar-refractivity contribution in [3.8, 4) is 0 Å². The minimum atomic E-state index is -4.36. The molecule has 0 N–H and O–H groups in total. The second kappa shape index (κ2) is 21.9. The first-order valence-corrected chi connectivity index (χ1v) is 38.0. The van der Waals surface area contributed by atoms with Crippen LogP contribution in [0.4, 0.5) is 0 Å². The highest BCUT2D eigenvalue weighted by Crippen LogP contribution is 2.35. The van der Waals surface area contributed by atoms with Crippen molar-refractivity contribution in [2.75, 3.05) is 0 Å². The summed E-state index contributed by atoms with van der Waals surface area (Å²) in [6, 6.07) is 123. The number of benzene rings is 12. The van der Waals surface area contributed by atoms with Crippen LogP contribution in [0.1, 0.15) is 0 Å². The molecular weight excluding hydrogens is 1100 g/mol. The first kappa shape index (κ1) is 51.9. The Morgan fingerprint density at radius 1 is 0.232 bits per heavy atom. The van der Waals surface area contributed by atoms with Gasteiger partial charge in [0.15, 0.2) is 8.07 Å². The molecule has 0 atom stereocenters.